The lowest BCUT2D eigenvalue weighted by Crippen LogP contribution is -2.21. The molecule has 0 bridgehead atoms. The van der Waals surface area contributed by atoms with Crippen molar-refractivity contribution in [1.82, 2.24) is 5.32 Å². The molecule has 2 N–H and O–H groups in total. The summed E-state index contributed by atoms with van der Waals surface area (Å²) in [6.45, 7) is 1.35. The molecule has 0 aliphatic carbocycles. The molecule has 8 nitrogen and oxygen atoms in total. The van der Waals surface area contributed by atoms with Gasteiger partial charge in [-0.15, -0.1) is 0 Å². The van der Waals surface area contributed by atoms with Crippen LogP contribution in [0.3, 0.4) is 0 Å². The van der Waals surface area contributed by atoms with Gasteiger partial charge in [0.05, 0.1) is 25.5 Å². The molecule has 0 aromatic heterocycles. The van der Waals surface area contributed by atoms with Gasteiger partial charge in [-0.1, -0.05) is 12.1 Å². The topological polar surface area (TPSA) is 103 Å². The number of carbonyl (C=O) groups excluding carboxylic acids is 3. The normalized spacial score (nSPS) is 9.96. The molecule has 0 radical (unpaired) electrons. The summed E-state index contributed by atoms with van der Waals surface area (Å²) in [5, 5.41) is 5.28. The third kappa shape index (κ3) is 6.01. The molecule has 0 saturated carbocycles. The number of methoxy groups -OCH3 is 2. The molecule has 28 heavy (non-hydrogen) atoms. The number of amides is 2. The fraction of sp³-hybridized carbons (Fsp3) is 0.250. The molecule has 0 spiro atoms. The van der Waals surface area contributed by atoms with E-state index >= 15 is 0 Å². The molecule has 148 valence electrons. The molecule has 2 amide bonds. The molecule has 2 aromatic rings. The molecule has 2 aromatic carbocycles. The minimum atomic E-state index is -0.626. The van der Waals surface area contributed by atoms with Gasteiger partial charge in [-0.05, 0) is 29.8 Å². The van der Waals surface area contributed by atoms with Crippen LogP contribution in [0.1, 0.15) is 22.8 Å². The largest absolute Gasteiger partial charge is 0.497 e. The fourth-order valence-corrected chi connectivity index (χ4v) is 2.30. The van der Waals surface area contributed by atoms with E-state index in [0.717, 1.165) is 5.56 Å². The Morgan fingerprint density at radius 1 is 0.964 bits per heavy atom. The summed E-state index contributed by atoms with van der Waals surface area (Å²) in [6, 6.07) is 11.5. The minimum absolute atomic E-state index is 0.137. The molecule has 0 heterocycles. The Hall–Kier alpha value is -3.55. The van der Waals surface area contributed by atoms with Crippen LogP contribution in [0.5, 0.6) is 11.5 Å². The summed E-state index contributed by atoms with van der Waals surface area (Å²) < 4.78 is 15.3. The van der Waals surface area contributed by atoms with E-state index in [9.17, 15) is 14.4 Å². The van der Waals surface area contributed by atoms with Crippen molar-refractivity contribution in [3.05, 3.63) is 53.6 Å². The summed E-state index contributed by atoms with van der Waals surface area (Å²) in [6.07, 6.45) is 0. The first-order valence-corrected chi connectivity index (χ1v) is 8.45. The smallest absolute Gasteiger partial charge is 0.338 e. The molecule has 8 heteroatoms. The average molecular weight is 386 g/mol. The number of ether oxygens (including phenoxy) is 3. The highest BCUT2D eigenvalue weighted by Gasteiger charge is 2.13. The zero-order chi connectivity index (χ0) is 20.5. The Bertz CT molecular complexity index is 848. The van der Waals surface area contributed by atoms with E-state index < -0.39 is 18.5 Å². The van der Waals surface area contributed by atoms with Crippen LogP contribution in [-0.2, 0) is 20.9 Å². The molecule has 0 saturated heterocycles. The Morgan fingerprint density at radius 3 is 2.29 bits per heavy atom. The molecular weight excluding hydrogens is 364 g/mol. The Balaban J connectivity index is 1.90. The number of benzene rings is 2. The summed E-state index contributed by atoms with van der Waals surface area (Å²) in [5.41, 5.74) is 1.55. The van der Waals surface area contributed by atoms with Crippen LogP contribution in [0, 0.1) is 0 Å². The van der Waals surface area contributed by atoms with Gasteiger partial charge < -0.3 is 24.8 Å². The maximum Gasteiger partial charge on any atom is 0.338 e. The van der Waals surface area contributed by atoms with Crippen molar-refractivity contribution >= 4 is 23.5 Å². The average Bonchev–Trinajstić information content (AvgIpc) is 2.70. The lowest BCUT2D eigenvalue weighted by atomic mass is 10.1. The van der Waals surface area contributed by atoms with Gasteiger partial charge in [0, 0.05) is 19.5 Å². The van der Waals surface area contributed by atoms with Crippen molar-refractivity contribution in [3.63, 3.8) is 0 Å². The Labute approximate surface area is 162 Å². The van der Waals surface area contributed by atoms with Crippen molar-refractivity contribution in [2.24, 2.45) is 0 Å². The lowest BCUT2D eigenvalue weighted by molar-refractivity contribution is -0.119. The quantitative estimate of drug-likeness (QED) is 0.674. The molecule has 0 unspecified atom stereocenters. The first-order chi connectivity index (χ1) is 13.4. The van der Waals surface area contributed by atoms with Gasteiger partial charge in [-0.2, -0.15) is 0 Å². The summed E-state index contributed by atoms with van der Waals surface area (Å²) in [5.74, 6) is -0.272. The minimum Gasteiger partial charge on any atom is -0.497 e. The fourth-order valence-electron chi connectivity index (χ4n) is 2.30. The number of carbonyl (C=O) groups is 3. The van der Waals surface area contributed by atoms with Crippen molar-refractivity contribution in [1.29, 1.82) is 0 Å². The second-order valence-electron chi connectivity index (χ2n) is 5.80. The summed E-state index contributed by atoms with van der Waals surface area (Å²) in [4.78, 5) is 35.1. The molecule has 0 atom stereocenters. The number of hydrogen-bond acceptors (Lipinski definition) is 6. The third-order valence-electron chi connectivity index (χ3n) is 3.75. The molecule has 0 aliphatic rings. The van der Waals surface area contributed by atoms with E-state index in [1.807, 2.05) is 0 Å². The second-order valence-corrected chi connectivity index (χ2v) is 5.80. The van der Waals surface area contributed by atoms with E-state index in [0.29, 0.717) is 29.3 Å². The maximum absolute atomic E-state index is 12.1. The van der Waals surface area contributed by atoms with Crippen molar-refractivity contribution < 1.29 is 28.6 Å². The number of rotatable bonds is 8. The zero-order valence-electron chi connectivity index (χ0n) is 15.9. The van der Waals surface area contributed by atoms with Crippen LogP contribution in [0.25, 0.3) is 0 Å². The van der Waals surface area contributed by atoms with Gasteiger partial charge in [-0.3, -0.25) is 9.59 Å². The lowest BCUT2D eigenvalue weighted by Gasteiger charge is -2.12. The van der Waals surface area contributed by atoms with Gasteiger partial charge in [0.1, 0.15) is 11.5 Å². The summed E-state index contributed by atoms with van der Waals surface area (Å²) in [7, 11) is 2.99. The zero-order valence-corrected chi connectivity index (χ0v) is 15.9. The number of hydrogen-bond donors (Lipinski definition) is 2. The van der Waals surface area contributed by atoms with Crippen molar-refractivity contribution in [2.45, 2.75) is 13.5 Å². The van der Waals surface area contributed by atoms with Gasteiger partial charge in [-0.25, -0.2) is 4.79 Å². The predicted octanol–water partition coefficient (Wildman–Crippen LogP) is 2.14. The van der Waals surface area contributed by atoms with Crippen LogP contribution in [0.2, 0.25) is 0 Å². The molecule has 2 rings (SSSR count). The van der Waals surface area contributed by atoms with Crippen LogP contribution >= 0.6 is 0 Å². The number of anilines is 1. The molecular formula is C20H22N2O6. The number of esters is 1. The second kappa shape index (κ2) is 9.96. The van der Waals surface area contributed by atoms with E-state index in [1.54, 1.807) is 42.5 Å². The van der Waals surface area contributed by atoms with E-state index in [-0.39, 0.29) is 5.91 Å². The number of nitrogens with one attached hydrogen (secondary N) is 2. The Kier molecular flexibility index (Phi) is 7.38. The first kappa shape index (κ1) is 20.8. The standard InChI is InChI=1S/C20H22N2O6/c1-13(23)21-11-14-4-6-15(7-5-14)20(25)28-12-19(24)22-17-10-16(26-2)8-9-18(17)27-3/h4-10H,11-12H2,1-3H3,(H,21,23)(H,22,24). The van der Waals surface area contributed by atoms with Gasteiger partial charge in [0.2, 0.25) is 5.91 Å². The first-order valence-electron chi connectivity index (χ1n) is 8.45. The van der Waals surface area contributed by atoms with Crippen LogP contribution in [-0.4, -0.2) is 38.6 Å². The highest BCUT2D eigenvalue weighted by Crippen LogP contribution is 2.28. The predicted molar refractivity (Wildman–Crippen MR) is 102 cm³/mol. The van der Waals surface area contributed by atoms with Gasteiger partial charge >= 0.3 is 5.97 Å². The highest BCUT2D eigenvalue weighted by molar-refractivity contribution is 5.96. The SMILES string of the molecule is COc1ccc(OC)c(NC(=O)COC(=O)c2ccc(CNC(C)=O)cc2)c1. The maximum atomic E-state index is 12.1. The highest BCUT2D eigenvalue weighted by atomic mass is 16.5. The molecule has 0 aliphatic heterocycles. The van der Waals surface area contributed by atoms with E-state index in [2.05, 4.69) is 10.6 Å². The van der Waals surface area contributed by atoms with Crippen LogP contribution < -0.4 is 20.1 Å². The van der Waals surface area contributed by atoms with E-state index in [4.69, 9.17) is 14.2 Å². The summed E-state index contributed by atoms with van der Waals surface area (Å²) >= 11 is 0. The monoisotopic (exact) mass is 386 g/mol. The van der Waals surface area contributed by atoms with Crippen molar-refractivity contribution in [2.75, 3.05) is 26.1 Å². The van der Waals surface area contributed by atoms with Crippen LogP contribution in [0.4, 0.5) is 5.69 Å². The van der Waals surface area contributed by atoms with E-state index in [1.165, 1.54) is 21.1 Å². The van der Waals surface area contributed by atoms with Crippen LogP contribution in [0.15, 0.2) is 42.5 Å². The van der Waals surface area contributed by atoms with Crippen molar-refractivity contribution in [3.8, 4) is 11.5 Å². The third-order valence-corrected chi connectivity index (χ3v) is 3.75. The van der Waals surface area contributed by atoms with Gasteiger partial charge in [0.15, 0.2) is 6.61 Å². The molecule has 0 fully saturated rings. The van der Waals surface area contributed by atoms with Gasteiger partial charge in [0.25, 0.3) is 5.91 Å². The Morgan fingerprint density at radius 2 is 1.68 bits per heavy atom.